The number of ketones is 1. The molecule has 256 valence electrons. The summed E-state index contributed by atoms with van der Waals surface area (Å²) in [5.74, 6) is -6.11. The first-order valence-electron chi connectivity index (χ1n) is 15.9. The van der Waals surface area contributed by atoms with Gasteiger partial charge >= 0.3 is 5.97 Å². The second kappa shape index (κ2) is 17.7. The Balaban J connectivity index is 1.59. The predicted octanol–water partition coefficient (Wildman–Crippen LogP) is 6.88. The number of halogens is 4. The number of nitrogen functional groups attached to an aromatic ring is 1. The minimum Gasteiger partial charge on any atom is -0.493 e. The third-order valence-corrected chi connectivity index (χ3v) is 7.52. The number of nitrogens with one attached hydrogen (secondary N) is 1. The molecule has 0 saturated carbocycles. The average molecular weight is 662 g/mol. The Morgan fingerprint density at radius 2 is 1.57 bits per heavy atom. The maximum absolute atomic E-state index is 15.2. The van der Waals surface area contributed by atoms with Crippen LogP contribution in [0, 0.1) is 29.2 Å². The van der Waals surface area contributed by atoms with Crippen molar-refractivity contribution in [3.63, 3.8) is 0 Å². The third-order valence-electron chi connectivity index (χ3n) is 7.52. The number of ether oxygens (including phenoxy) is 2. The van der Waals surface area contributed by atoms with E-state index in [1.54, 1.807) is 0 Å². The van der Waals surface area contributed by atoms with Crippen LogP contribution in [0.5, 0.6) is 5.75 Å². The maximum atomic E-state index is 15.2. The molecular formula is C35H43F4N3O5. The highest BCUT2D eigenvalue weighted by Gasteiger charge is 2.24. The number of nitrogens with two attached hydrogens (primary N) is 1. The van der Waals surface area contributed by atoms with E-state index in [0.717, 1.165) is 62.1 Å². The van der Waals surface area contributed by atoms with E-state index in [1.807, 2.05) is 20.8 Å². The average Bonchev–Trinajstić information content (AvgIpc) is 2.99. The molecule has 0 aliphatic heterocycles. The summed E-state index contributed by atoms with van der Waals surface area (Å²) in [7, 11) is 0. The van der Waals surface area contributed by atoms with Crippen molar-refractivity contribution >= 4 is 17.6 Å². The number of nitrogens with zero attached hydrogens (tertiary/aromatic N) is 1. The van der Waals surface area contributed by atoms with Crippen molar-refractivity contribution in [3.05, 3.63) is 87.2 Å². The Kier molecular flexibility index (Phi) is 14.0. The number of unbranched alkanes of at least 4 members (excludes halogenated alkanes) is 3. The zero-order valence-corrected chi connectivity index (χ0v) is 27.2. The molecule has 12 heteroatoms. The lowest BCUT2D eigenvalue weighted by atomic mass is 10.0. The van der Waals surface area contributed by atoms with Crippen molar-refractivity contribution in [1.82, 2.24) is 9.88 Å². The number of benzene rings is 2. The van der Waals surface area contributed by atoms with Crippen molar-refractivity contribution in [2.45, 2.75) is 84.8 Å². The molecule has 2 aromatic carbocycles. The van der Waals surface area contributed by atoms with Crippen molar-refractivity contribution < 1.29 is 36.6 Å². The highest BCUT2D eigenvalue weighted by Crippen LogP contribution is 2.27. The smallest absolute Gasteiger partial charge is 0.323 e. The Labute approximate surface area is 272 Å². The second-order valence-corrected chi connectivity index (χ2v) is 11.9. The second-order valence-electron chi connectivity index (χ2n) is 11.9. The molecule has 0 fully saturated rings. The summed E-state index contributed by atoms with van der Waals surface area (Å²) in [6.07, 6.45) is 5.40. The van der Waals surface area contributed by atoms with Gasteiger partial charge in [-0.25, -0.2) is 17.6 Å². The normalized spacial score (nSPS) is 12.6. The molecule has 47 heavy (non-hydrogen) atoms. The van der Waals surface area contributed by atoms with Gasteiger partial charge in [-0.1, -0.05) is 33.6 Å². The van der Waals surface area contributed by atoms with Crippen molar-refractivity contribution in [1.29, 1.82) is 0 Å². The Bertz CT molecular complexity index is 1570. The van der Waals surface area contributed by atoms with E-state index in [9.17, 15) is 23.2 Å². The number of pyridine rings is 1. The van der Waals surface area contributed by atoms with Crippen LogP contribution in [0.15, 0.2) is 47.3 Å². The van der Waals surface area contributed by atoms with Crippen LogP contribution < -0.4 is 21.3 Å². The van der Waals surface area contributed by atoms with Crippen molar-refractivity contribution in [3.8, 4) is 11.4 Å². The molecule has 0 amide bonds. The highest BCUT2D eigenvalue weighted by molar-refractivity contribution is 6.11. The van der Waals surface area contributed by atoms with Crippen LogP contribution in [0.4, 0.5) is 23.4 Å². The van der Waals surface area contributed by atoms with Crippen LogP contribution in [-0.4, -0.2) is 41.6 Å². The summed E-state index contributed by atoms with van der Waals surface area (Å²) in [6.45, 7) is 8.82. The molecule has 3 rings (SSSR count). The molecule has 0 spiro atoms. The largest absolute Gasteiger partial charge is 0.493 e. The first kappa shape index (κ1) is 37.3. The van der Waals surface area contributed by atoms with E-state index in [4.69, 9.17) is 15.2 Å². The lowest BCUT2D eigenvalue weighted by Crippen LogP contribution is -2.40. The van der Waals surface area contributed by atoms with Gasteiger partial charge in [0.05, 0.1) is 23.8 Å². The third kappa shape index (κ3) is 10.4. The quantitative estimate of drug-likeness (QED) is 0.0662. The van der Waals surface area contributed by atoms with Crippen LogP contribution in [0.2, 0.25) is 0 Å². The van der Waals surface area contributed by atoms with Crippen LogP contribution in [-0.2, 0) is 9.53 Å². The number of carbonyl (C=O) groups excluding carboxylic acids is 2. The number of carbonyl (C=O) groups is 2. The van der Waals surface area contributed by atoms with Crippen LogP contribution in [0.3, 0.4) is 0 Å². The Morgan fingerprint density at radius 3 is 2.21 bits per heavy atom. The number of esters is 1. The van der Waals surface area contributed by atoms with Crippen molar-refractivity contribution in [2.24, 2.45) is 5.92 Å². The van der Waals surface area contributed by atoms with Crippen LogP contribution >= 0.6 is 0 Å². The Hall–Kier alpha value is -4.19. The minimum atomic E-state index is -1.18. The van der Waals surface area contributed by atoms with Gasteiger partial charge in [0, 0.05) is 24.3 Å². The highest BCUT2D eigenvalue weighted by atomic mass is 19.1. The Morgan fingerprint density at radius 1 is 0.894 bits per heavy atom. The first-order valence-corrected chi connectivity index (χ1v) is 15.9. The van der Waals surface area contributed by atoms with E-state index < -0.39 is 63.3 Å². The van der Waals surface area contributed by atoms with Gasteiger partial charge in [0.1, 0.15) is 34.9 Å². The van der Waals surface area contributed by atoms with Gasteiger partial charge in [0.2, 0.25) is 0 Å². The van der Waals surface area contributed by atoms with Gasteiger partial charge in [0.15, 0.2) is 17.4 Å². The molecule has 0 radical (unpaired) electrons. The van der Waals surface area contributed by atoms with Crippen molar-refractivity contribution in [2.75, 3.05) is 18.9 Å². The topological polar surface area (TPSA) is 113 Å². The van der Waals surface area contributed by atoms with Gasteiger partial charge in [-0.3, -0.25) is 19.0 Å². The number of hydrogen-bond acceptors (Lipinski definition) is 7. The van der Waals surface area contributed by atoms with E-state index in [1.165, 1.54) is 0 Å². The van der Waals surface area contributed by atoms with E-state index in [0.29, 0.717) is 42.4 Å². The van der Waals surface area contributed by atoms with Gasteiger partial charge < -0.3 is 20.5 Å². The maximum Gasteiger partial charge on any atom is 0.323 e. The lowest BCUT2D eigenvalue weighted by molar-refractivity contribution is -0.151. The van der Waals surface area contributed by atoms with Gasteiger partial charge in [-0.05, 0) is 69.7 Å². The van der Waals surface area contributed by atoms with Gasteiger partial charge in [-0.15, -0.1) is 0 Å². The molecular weight excluding hydrogens is 618 g/mol. The summed E-state index contributed by atoms with van der Waals surface area (Å²) in [6, 6.07) is 5.54. The standard InChI is InChI=1S/C35H43F4N3O5/c1-5-6-10-22(4)47-35(45)30(17-21(2)3)41-15-8-7-9-16-46-24-19-28(38)32(29(39)20-24)42-31(43)14-13-26(34(42)40)33(44)25-12-11-23(36)18-27(25)37/h11-14,18-22,30,41H,5-10,15-17,40H2,1-4H3/t22?,30-/m0/s1. The fraction of sp³-hybridized carbons (Fsp3) is 0.457. The summed E-state index contributed by atoms with van der Waals surface area (Å²) in [4.78, 5) is 38.2. The van der Waals surface area contributed by atoms with E-state index in [2.05, 4.69) is 12.2 Å². The molecule has 2 atom stereocenters. The molecule has 3 N–H and O–H groups in total. The molecule has 8 nitrogen and oxygen atoms in total. The lowest BCUT2D eigenvalue weighted by Gasteiger charge is -2.22. The number of rotatable bonds is 18. The molecule has 1 heterocycles. The molecule has 1 aromatic heterocycles. The molecule has 1 unspecified atom stereocenters. The minimum absolute atomic E-state index is 0.119. The van der Waals surface area contributed by atoms with E-state index >= 15 is 8.78 Å². The van der Waals surface area contributed by atoms with Gasteiger partial charge in [-0.2, -0.15) is 0 Å². The fourth-order valence-corrected chi connectivity index (χ4v) is 5.07. The molecule has 0 bridgehead atoms. The molecule has 0 aliphatic carbocycles. The van der Waals surface area contributed by atoms with Crippen LogP contribution in [0.1, 0.15) is 88.6 Å². The number of aromatic nitrogens is 1. The van der Waals surface area contributed by atoms with E-state index in [-0.39, 0.29) is 24.4 Å². The molecule has 0 aliphatic rings. The first-order chi connectivity index (χ1) is 22.3. The molecule has 3 aromatic rings. The fourth-order valence-electron chi connectivity index (χ4n) is 5.07. The summed E-state index contributed by atoms with van der Waals surface area (Å²) in [5.41, 5.74) is 3.28. The molecule has 0 saturated heterocycles. The predicted molar refractivity (Wildman–Crippen MR) is 172 cm³/mol. The SMILES string of the molecule is CCCCC(C)OC(=O)[C@H](CC(C)C)NCCCCCOc1cc(F)c(-n2c(N)c(C(=O)c3ccc(F)cc3F)ccc2=O)c(F)c1. The summed E-state index contributed by atoms with van der Waals surface area (Å²) < 4.78 is 69.6. The number of anilines is 1. The summed E-state index contributed by atoms with van der Waals surface area (Å²) >= 11 is 0. The summed E-state index contributed by atoms with van der Waals surface area (Å²) in [5, 5.41) is 3.28. The van der Waals surface area contributed by atoms with Gasteiger partial charge in [0.25, 0.3) is 5.56 Å². The monoisotopic (exact) mass is 661 g/mol. The number of hydrogen-bond donors (Lipinski definition) is 2. The zero-order chi connectivity index (χ0) is 34.7. The zero-order valence-electron chi connectivity index (χ0n) is 27.2. The van der Waals surface area contributed by atoms with Crippen LogP contribution in [0.25, 0.3) is 5.69 Å².